The third-order valence-electron chi connectivity index (χ3n) is 3.77. The molecule has 1 heterocycles. The normalized spacial score (nSPS) is 10.7. The van der Waals surface area contributed by atoms with E-state index in [2.05, 4.69) is 10.4 Å². The second-order valence-electron chi connectivity index (χ2n) is 5.61. The number of anilines is 1. The predicted molar refractivity (Wildman–Crippen MR) is 92.4 cm³/mol. The van der Waals surface area contributed by atoms with Crippen LogP contribution in [0.1, 0.15) is 29.8 Å². The number of hydrogen-bond donors (Lipinski definition) is 1. The second-order valence-corrected chi connectivity index (χ2v) is 6.05. The van der Waals surface area contributed by atoms with Gasteiger partial charge in [0.1, 0.15) is 11.4 Å². The molecule has 0 atom stereocenters. The molecule has 0 aliphatic heterocycles. The van der Waals surface area contributed by atoms with Crippen molar-refractivity contribution in [2.45, 2.75) is 40.2 Å². The lowest BCUT2D eigenvalue weighted by Gasteiger charge is -2.09. The van der Waals surface area contributed by atoms with Gasteiger partial charge in [-0.05, 0) is 44.9 Å². The highest BCUT2D eigenvalue weighted by Gasteiger charge is 2.21. The van der Waals surface area contributed by atoms with Crippen LogP contribution in [0, 0.1) is 30.9 Å². The van der Waals surface area contributed by atoms with Crippen molar-refractivity contribution in [3.05, 3.63) is 50.3 Å². The topological polar surface area (TPSA) is 90.1 Å². The minimum Gasteiger partial charge on any atom is -0.326 e. The second kappa shape index (κ2) is 7.44. The van der Waals surface area contributed by atoms with E-state index < -0.39 is 4.92 Å². The predicted octanol–water partition coefficient (Wildman–Crippen LogP) is 3.79. The molecule has 7 nitrogen and oxygen atoms in total. The maximum Gasteiger partial charge on any atom is 0.312 e. The van der Waals surface area contributed by atoms with Crippen LogP contribution in [0.4, 0.5) is 11.4 Å². The zero-order valence-corrected chi connectivity index (χ0v) is 14.6. The molecule has 128 valence electrons. The number of rotatable bonds is 6. The van der Waals surface area contributed by atoms with Gasteiger partial charge in [0, 0.05) is 23.7 Å². The molecule has 0 spiro atoms. The Balaban J connectivity index is 1.93. The van der Waals surface area contributed by atoms with E-state index in [4.69, 9.17) is 11.6 Å². The van der Waals surface area contributed by atoms with Gasteiger partial charge in [0.05, 0.1) is 4.92 Å². The zero-order valence-electron chi connectivity index (χ0n) is 13.8. The summed E-state index contributed by atoms with van der Waals surface area (Å²) in [5, 5.41) is 18.5. The van der Waals surface area contributed by atoms with Crippen LogP contribution in [-0.2, 0) is 11.3 Å². The van der Waals surface area contributed by atoms with E-state index >= 15 is 0 Å². The van der Waals surface area contributed by atoms with Crippen LogP contribution in [0.5, 0.6) is 0 Å². The minimum atomic E-state index is -0.428. The highest BCUT2D eigenvalue weighted by atomic mass is 35.5. The molecule has 0 aliphatic carbocycles. The highest BCUT2D eigenvalue weighted by Crippen LogP contribution is 2.22. The Kier molecular flexibility index (Phi) is 5.56. The summed E-state index contributed by atoms with van der Waals surface area (Å²) in [5.74, 6) is -0.128. The van der Waals surface area contributed by atoms with Crippen molar-refractivity contribution in [2.24, 2.45) is 0 Å². The Bertz CT molecular complexity index is 786. The minimum absolute atomic E-state index is 0.0361. The largest absolute Gasteiger partial charge is 0.326 e. The smallest absolute Gasteiger partial charge is 0.312 e. The van der Waals surface area contributed by atoms with E-state index in [1.165, 1.54) is 0 Å². The third-order valence-corrected chi connectivity index (χ3v) is 4.01. The van der Waals surface area contributed by atoms with E-state index in [9.17, 15) is 14.9 Å². The fraction of sp³-hybridized carbons (Fsp3) is 0.375. The molecule has 1 aromatic heterocycles. The summed E-state index contributed by atoms with van der Waals surface area (Å²) < 4.78 is 1.57. The number of carbonyl (C=O) groups is 1. The van der Waals surface area contributed by atoms with Crippen LogP contribution < -0.4 is 5.32 Å². The van der Waals surface area contributed by atoms with Gasteiger partial charge < -0.3 is 5.32 Å². The van der Waals surface area contributed by atoms with Crippen molar-refractivity contribution in [2.75, 3.05) is 5.32 Å². The van der Waals surface area contributed by atoms with Crippen molar-refractivity contribution in [1.29, 1.82) is 0 Å². The van der Waals surface area contributed by atoms with Gasteiger partial charge in [0.2, 0.25) is 5.91 Å². The van der Waals surface area contributed by atoms with E-state index in [-0.39, 0.29) is 18.0 Å². The molecule has 0 fully saturated rings. The fourth-order valence-electron chi connectivity index (χ4n) is 2.50. The van der Waals surface area contributed by atoms with Gasteiger partial charge in [-0.15, -0.1) is 0 Å². The molecule has 2 rings (SSSR count). The molecule has 0 saturated heterocycles. The molecule has 0 radical (unpaired) electrons. The molecule has 1 N–H and O–H groups in total. The fourth-order valence-corrected chi connectivity index (χ4v) is 2.67. The number of carbonyl (C=O) groups excluding carboxylic acids is 1. The van der Waals surface area contributed by atoms with Crippen molar-refractivity contribution in [1.82, 2.24) is 9.78 Å². The molecule has 1 amide bonds. The molecule has 24 heavy (non-hydrogen) atoms. The quantitative estimate of drug-likeness (QED) is 0.634. The van der Waals surface area contributed by atoms with Gasteiger partial charge in [0.25, 0.3) is 0 Å². The number of amides is 1. The highest BCUT2D eigenvalue weighted by molar-refractivity contribution is 6.31. The first-order valence-electron chi connectivity index (χ1n) is 7.54. The zero-order chi connectivity index (χ0) is 17.9. The van der Waals surface area contributed by atoms with Crippen LogP contribution in [0.3, 0.4) is 0 Å². The van der Waals surface area contributed by atoms with E-state index in [1.807, 2.05) is 13.0 Å². The van der Waals surface area contributed by atoms with E-state index in [0.717, 1.165) is 5.56 Å². The lowest BCUT2D eigenvalue weighted by Crippen LogP contribution is -2.14. The number of hydrogen-bond acceptors (Lipinski definition) is 4. The average Bonchev–Trinajstić information content (AvgIpc) is 2.77. The van der Waals surface area contributed by atoms with Gasteiger partial charge in [-0.2, -0.15) is 5.10 Å². The van der Waals surface area contributed by atoms with E-state index in [1.54, 1.807) is 30.7 Å². The van der Waals surface area contributed by atoms with E-state index in [0.29, 0.717) is 35.1 Å². The molecule has 0 aliphatic rings. The summed E-state index contributed by atoms with van der Waals surface area (Å²) in [5.41, 5.74) is 2.55. The molecule has 0 unspecified atom stereocenters. The van der Waals surface area contributed by atoms with Crippen LogP contribution in [-0.4, -0.2) is 20.6 Å². The Morgan fingerprint density at radius 3 is 2.71 bits per heavy atom. The number of halogens is 1. The summed E-state index contributed by atoms with van der Waals surface area (Å²) >= 11 is 5.93. The lowest BCUT2D eigenvalue weighted by atomic mass is 10.2. The maximum absolute atomic E-state index is 12.0. The summed E-state index contributed by atoms with van der Waals surface area (Å²) in [6, 6.07) is 5.31. The number of nitrogens with zero attached hydrogens (tertiary/aromatic N) is 3. The van der Waals surface area contributed by atoms with Crippen LogP contribution in [0.15, 0.2) is 18.2 Å². The SMILES string of the molecule is Cc1ccc(Cl)cc1NC(=O)CCCn1nc(C)c([N+](=O)[O-])c1C. The molecule has 1 aromatic carbocycles. The molecule has 8 heteroatoms. The molecular weight excluding hydrogens is 332 g/mol. The number of nitrogens with one attached hydrogen (secondary N) is 1. The average molecular weight is 351 g/mol. The van der Waals surface area contributed by atoms with Gasteiger partial charge in [-0.3, -0.25) is 19.6 Å². The van der Waals surface area contributed by atoms with Gasteiger partial charge in [0.15, 0.2) is 0 Å². The molecule has 2 aromatic rings. The number of benzene rings is 1. The summed E-state index contributed by atoms with van der Waals surface area (Å²) in [6.07, 6.45) is 0.822. The van der Waals surface area contributed by atoms with Crippen LogP contribution in [0.25, 0.3) is 0 Å². The first kappa shape index (κ1) is 17.9. The van der Waals surface area contributed by atoms with Crippen LogP contribution in [0.2, 0.25) is 5.02 Å². The maximum atomic E-state index is 12.0. The Hall–Kier alpha value is -2.41. The Morgan fingerprint density at radius 2 is 2.08 bits per heavy atom. The van der Waals surface area contributed by atoms with Crippen molar-refractivity contribution in [3.8, 4) is 0 Å². The van der Waals surface area contributed by atoms with Crippen molar-refractivity contribution in [3.63, 3.8) is 0 Å². The summed E-state index contributed by atoms with van der Waals surface area (Å²) in [4.78, 5) is 22.6. The van der Waals surface area contributed by atoms with Crippen LogP contribution >= 0.6 is 11.6 Å². The first-order valence-corrected chi connectivity index (χ1v) is 7.91. The van der Waals surface area contributed by atoms with Crippen molar-refractivity contribution < 1.29 is 9.72 Å². The van der Waals surface area contributed by atoms with Gasteiger partial charge in [-0.1, -0.05) is 17.7 Å². The number of aromatic nitrogens is 2. The Morgan fingerprint density at radius 1 is 1.38 bits per heavy atom. The third kappa shape index (κ3) is 4.11. The van der Waals surface area contributed by atoms with Crippen molar-refractivity contribution >= 4 is 28.9 Å². The lowest BCUT2D eigenvalue weighted by molar-refractivity contribution is -0.386. The standard InChI is InChI=1S/C16H19ClN4O3/c1-10-6-7-13(17)9-14(10)18-15(22)5-4-8-20-12(3)16(21(23)24)11(2)19-20/h6-7,9H,4-5,8H2,1-3H3,(H,18,22). The number of aryl methyl sites for hydroxylation is 3. The summed E-state index contributed by atoms with van der Waals surface area (Å²) in [6.45, 7) is 5.60. The first-order chi connectivity index (χ1) is 11.3. The monoisotopic (exact) mass is 350 g/mol. The molecule has 0 saturated carbocycles. The number of nitro groups is 1. The van der Waals surface area contributed by atoms with Gasteiger partial charge in [-0.25, -0.2) is 0 Å². The Labute approximate surface area is 144 Å². The molecular formula is C16H19ClN4O3. The molecule has 0 bridgehead atoms. The van der Waals surface area contributed by atoms with Gasteiger partial charge >= 0.3 is 5.69 Å². The summed E-state index contributed by atoms with van der Waals surface area (Å²) in [7, 11) is 0.